The maximum atomic E-state index is 13.5. The number of nitrogens with one attached hydrogen (secondary N) is 1. The Bertz CT molecular complexity index is 1210. The summed E-state index contributed by atoms with van der Waals surface area (Å²) < 4.78 is 32.6. The third-order valence-corrected chi connectivity index (χ3v) is 5.04. The molecule has 0 bridgehead atoms. The highest BCUT2D eigenvalue weighted by molar-refractivity contribution is 6.06. The quantitative estimate of drug-likeness (QED) is 0.519. The van der Waals surface area contributed by atoms with E-state index in [0.717, 1.165) is 34.1 Å². The smallest absolute Gasteiger partial charge is 0.229 e. The molecular weight excluding hydrogens is 386 g/mol. The number of rotatable bonds is 3. The fraction of sp³-hybridized carbons (Fsp3) is 0.250. The molecule has 1 aromatic carbocycles. The monoisotopic (exact) mass is 402 g/mol. The first kappa shape index (κ1) is 18.6. The van der Waals surface area contributed by atoms with E-state index in [-0.39, 0.29) is 24.4 Å². The van der Waals surface area contributed by atoms with Crippen molar-refractivity contribution >= 4 is 40.4 Å². The molecule has 0 aliphatic heterocycles. The minimum Gasteiger partial charge on any atom is -0.432 e. The van der Waals surface area contributed by atoms with E-state index >= 15 is 0 Å². The van der Waals surface area contributed by atoms with E-state index in [1.807, 2.05) is 19.9 Å². The molecule has 0 spiro atoms. The molecule has 8 heteroatoms. The van der Waals surface area contributed by atoms with Crippen molar-refractivity contribution in [2.45, 2.75) is 32.2 Å². The first-order valence-corrected chi connectivity index (χ1v) is 8.74. The Hall–Kier alpha value is -2.80. The minimum absolute atomic E-state index is 0. The fourth-order valence-corrected chi connectivity index (χ4v) is 3.65. The first-order valence-electron chi connectivity index (χ1n) is 8.74. The average molecular weight is 403 g/mol. The number of benzene rings is 1. The van der Waals surface area contributed by atoms with Gasteiger partial charge in [0, 0.05) is 17.7 Å². The van der Waals surface area contributed by atoms with Crippen LogP contribution >= 0.6 is 12.4 Å². The first-order chi connectivity index (χ1) is 13.0. The lowest BCUT2D eigenvalue weighted by Crippen LogP contribution is -2.06. The number of hydrogen-bond donors (Lipinski definition) is 1. The van der Waals surface area contributed by atoms with Gasteiger partial charge in [0.2, 0.25) is 5.71 Å². The van der Waals surface area contributed by atoms with Crippen LogP contribution in [0, 0.1) is 25.5 Å². The summed E-state index contributed by atoms with van der Waals surface area (Å²) in [7, 11) is 0. The van der Waals surface area contributed by atoms with Gasteiger partial charge in [-0.3, -0.25) is 0 Å². The second-order valence-corrected chi connectivity index (χ2v) is 7.03. The normalized spacial score (nSPS) is 18.3. The molecule has 1 aliphatic rings. The Morgan fingerprint density at radius 1 is 1.11 bits per heavy atom. The topological polar surface area (TPSA) is 63.8 Å². The van der Waals surface area contributed by atoms with Crippen molar-refractivity contribution in [1.29, 1.82) is 0 Å². The zero-order valence-electron chi connectivity index (χ0n) is 15.2. The summed E-state index contributed by atoms with van der Waals surface area (Å²) in [5.41, 5.74) is 4.52. The average Bonchev–Trinajstić information content (AvgIpc) is 3.27. The van der Waals surface area contributed by atoms with Crippen molar-refractivity contribution in [2.24, 2.45) is 0 Å². The van der Waals surface area contributed by atoms with Gasteiger partial charge in [0.25, 0.3) is 0 Å². The molecule has 1 fully saturated rings. The van der Waals surface area contributed by atoms with E-state index in [2.05, 4.69) is 20.3 Å². The van der Waals surface area contributed by atoms with Crippen molar-refractivity contribution < 1.29 is 13.2 Å². The lowest BCUT2D eigenvalue weighted by atomic mass is 10.1. The SMILES string of the molecule is Cc1cc(C)c2c(n1)oc1c(NC3CC3c3ccc(F)c(F)c3)ncnc12.Cl. The highest BCUT2D eigenvalue weighted by Crippen LogP contribution is 2.44. The standard InChI is InChI=1S/C20H16F2N4O.ClH/c1-9-5-10(2)25-20-16(9)17-18(27-20)19(24-8-23-17)26-15-7-12(15)11-3-4-13(21)14(22)6-11;/h3-6,8,12,15H,7H2,1-2H3,(H,23,24,26);1H. The van der Waals surface area contributed by atoms with Crippen molar-refractivity contribution in [1.82, 2.24) is 15.0 Å². The molecular formula is C20H17ClF2N4O. The zero-order chi connectivity index (χ0) is 18.7. The minimum atomic E-state index is -0.832. The zero-order valence-corrected chi connectivity index (χ0v) is 16.0. The summed E-state index contributed by atoms with van der Waals surface area (Å²) in [6.07, 6.45) is 2.31. The van der Waals surface area contributed by atoms with E-state index in [1.54, 1.807) is 6.07 Å². The largest absolute Gasteiger partial charge is 0.432 e. The van der Waals surface area contributed by atoms with Crippen LogP contribution in [0.15, 0.2) is 35.0 Å². The van der Waals surface area contributed by atoms with Crippen LogP contribution in [-0.2, 0) is 0 Å². The number of halogens is 3. The van der Waals surface area contributed by atoms with Gasteiger partial charge in [0.05, 0.1) is 5.39 Å². The summed E-state index contributed by atoms with van der Waals surface area (Å²) in [5, 5.41) is 4.23. The number of fused-ring (bicyclic) bond motifs is 3. The van der Waals surface area contributed by atoms with Gasteiger partial charge in [-0.15, -0.1) is 12.4 Å². The molecule has 1 aliphatic carbocycles. The number of aryl methyl sites for hydroxylation is 2. The van der Waals surface area contributed by atoms with Gasteiger partial charge in [0.1, 0.15) is 11.8 Å². The van der Waals surface area contributed by atoms with E-state index < -0.39 is 11.6 Å². The second kappa shape index (κ2) is 6.67. The lowest BCUT2D eigenvalue weighted by Gasteiger charge is -2.05. The molecule has 144 valence electrons. The van der Waals surface area contributed by atoms with E-state index in [9.17, 15) is 8.78 Å². The molecule has 0 amide bonds. The van der Waals surface area contributed by atoms with E-state index in [1.165, 1.54) is 18.5 Å². The van der Waals surface area contributed by atoms with Gasteiger partial charge >= 0.3 is 0 Å². The third-order valence-electron chi connectivity index (χ3n) is 5.04. The molecule has 0 radical (unpaired) electrons. The van der Waals surface area contributed by atoms with Crippen LogP contribution in [0.3, 0.4) is 0 Å². The van der Waals surface area contributed by atoms with Gasteiger partial charge in [-0.05, 0) is 49.6 Å². The molecule has 0 saturated heterocycles. The van der Waals surface area contributed by atoms with Crippen LogP contribution in [-0.4, -0.2) is 21.0 Å². The van der Waals surface area contributed by atoms with Crippen LogP contribution in [0.1, 0.15) is 29.2 Å². The van der Waals surface area contributed by atoms with Crippen molar-refractivity contribution in [3.63, 3.8) is 0 Å². The van der Waals surface area contributed by atoms with E-state index in [4.69, 9.17) is 4.42 Å². The van der Waals surface area contributed by atoms with Gasteiger partial charge < -0.3 is 9.73 Å². The number of anilines is 1. The van der Waals surface area contributed by atoms with Crippen LogP contribution in [0.4, 0.5) is 14.6 Å². The molecule has 5 nitrogen and oxygen atoms in total. The highest BCUT2D eigenvalue weighted by Gasteiger charge is 2.39. The molecule has 3 aromatic heterocycles. The van der Waals surface area contributed by atoms with Gasteiger partial charge in [-0.1, -0.05) is 6.07 Å². The maximum Gasteiger partial charge on any atom is 0.229 e. The summed E-state index contributed by atoms with van der Waals surface area (Å²) in [4.78, 5) is 13.1. The van der Waals surface area contributed by atoms with E-state index in [0.29, 0.717) is 17.1 Å². The Morgan fingerprint density at radius 3 is 2.71 bits per heavy atom. The van der Waals surface area contributed by atoms with Gasteiger partial charge in [-0.25, -0.2) is 23.7 Å². The van der Waals surface area contributed by atoms with Crippen molar-refractivity contribution in [3.05, 3.63) is 59.0 Å². The molecule has 4 aromatic rings. The van der Waals surface area contributed by atoms with Crippen LogP contribution in [0.25, 0.3) is 22.2 Å². The molecule has 5 rings (SSSR count). The van der Waals surface area contributed by atoms with Crippen LogP contribution in [0.2, 0.25) is 0 Å². The summed E-state index contributed by atoms with van der Waals surface area (Å²) in [6.45, 7) is 3.92. The Kier molecular flexibility index (Phi) is 4.42. The number of hydrogen-bond acceptors (Lipinski definition) is 5. The molecule has 2 atom stereocenters. The maximum absolute atomic E-state index is 13.5. The van der Waals surface area contributed by atoms with Crippen LogP contribution in [0.5, 0.6) is 0 Å². The predicted molar refractivity (Wildman–Crippen MR) is 105 cm³/mol. The highest BCUT2D eigenvalue weighted by atomic mass is 35.5. The van der Waals surface area contributed by atoms with Crippen molar-refractivity contribution in [2.75, 3.05) is 5.32 Å². The fourth-order valence-electron chi connectivity index (χ4n) is 3.65. The Morgan fingerprint density at radius 2 is 1.93 bits per heavy atom. The molecule has 28 heavy (non-hydrogen) atoms. The van der Waals surface area contributed by atoms with Gasteiger partial charge in [-0.2, -0.15) is 0 Å². The summed E-state index contributed by atoms with van der Waals surface area (Å²) in [6, 6.07) is 6.12. The van der Waals surface area contributed by atoms with Gasteiger partial charge in [0.15, 0.2) is 23.0 Å². The number of aromatic nitrogens is 3. The number of nitrogens with zero attached hydrogens (tertiary/aromatic N) is 3. The predicted octanol–water partition coefficient (Wildman–Crippen LogP) is 5.06. The summed E-state index contributed by atoms with van der Waals surface area (Å²) in [5.74, 6) is -0.958. The Labute approximate surface area is 165 Å². The van der Waals surface area contributed by atoms with Crippen molar-refractivity contribution in [3.8, 4) is 0 Å². The number of furan rings is 1. The molecule has 1 saturated carbocycles. The third kappa shape index (κ3) is 2.96. The van der Waals surface area contributed by atoms with Crippen LogP contribution < -0.4 is 5.32 Å². The molecule has 3 heterocycles. The lowest BCUT2D eigenvalue weighted by molar-refractivity contribution is 0.507. The Balaban J connectivity index is 0.00000192. The number of pyridine rings is 1. The molecule has 2 unspecified atom stereocenters. The summed E-state index contributed by atoms with van der Waals surface area (Å²) >= 11 is 0. The second-order valence-electron chi connectivity index (χ2n) is 7.03. The molecule has 1 N–H and O–H groups in total.